The molecule has 0 fully saturated rings. The summed E-state index contributed by atoms with van der Waals surface area (Å²) in [5.74, 6) is 1.22. The van der Waals surface area contributed by atoms with Gasteiger partial charge in [0.25, 0.3) is 0 Å². The summed E-state index contributed by atoms with van der Waals surface area (Å²) in [5, 5.41) is 1.12. The van der Waals surface area contributed by atoms with E-state index in [2.05, 4.69) is 50.4 Å². The van der Waals surface area contributed by atoms with Crippen molar-refractivity contribution in [3.63, 3.8) is 0 Å². The third-order valence-corrected chi connectivity index (χ3v) is 5.42. The molecule has 0 atom stereocenters. The van der Waals surface area contributed by atoms with Gasteiger partial charge in [-0.2, -0.15) is 0 Å². The number of aromatic nitrogens is 2. The predicted octanol–water partition coefficient (Wildman–Crippen LogP) is 3.68. The molecule has 2 heterocycles. The third kappa shape index (κ3) is 3.60. The molecule has 0 aromatic carbocycles. The first kappa shape index (κ1) is 15.0. The van der Waals surface area contributed by atoms with Crippen molar-refractivity contribution in [2.45, 2.75) is 52.6 Å². The maximum absolute atomic E-state index is 4.46. The summed E-state index contributed by atoms with van der Waals surface area (Å²) in [5.41, 5.74) is 0.443. The molecule has 1 aromatic rings. The van der Waals surface area contributed by atoms with Crippen LogP contribution in [0.4, 0.5) is 0 Å². The van der Waals surface area contributed by atoms with Crippen LogP contribution < -0.4 is 0 Å². The number of alkyl halides is 1. The summed E-state index contributed by atoms with van der Waals surface area (Å²) in [4.78, 5) is 7.06. The molecule has 0 unspecified atom stereocenters. The summed E-state index contributed by atoms with van der Waals surface area (Å²) < 4.78 is 2.28. The van der Waals surface area contributed by atoms with Crippen molar-refractivity contribution >= 4 is 15.9 Å². The van der Waals surface area contributed by atoms with Gasteiger partial charge in [-0.25, -0.2) is 4.98 Å². The minimum Gasteiger partial charge on any atom is -0.333 e. The highest BCUT2D eigenvalue weighted by atomic mass is 79.9. The minimum absolute atomic E-state index is 0.443. The summed E-state index contributed by atoms with van der Waals surface area (Å²) in [6, 6.07) is 0. The molecule has 0 saturated heterocycles. The van der Waals surface area contributed by atoms with Gasteiger partial charge in [-0.3, -0.25) is 4.90 Å². The number of imidazole rings is 1. The van der Waals surface area contributed by atoms with Crippen LogP contribution in [0, 0.1) is 5.41 Å². The Hall–Kier alpha value is -0.350. The van der Waals surface area contributed by atoms with Gasteiger partial charge in [0.15, 0.2) is 0 Å². The van der Waals surface area contributed by atoms with Crippen LogP contribution in [0.3, 0.4) is 0 Å². The molecule has 19 heavy (non-hydrogen) atoms. The largest absolute Gasteiger partial charge is 0.333 e. The fourth-order valence-corrected chi connectivity index (χ4v) is 4.09. The Bertz CT molecular complexity index is 382. The Morgan fingerprint density at radius 3 is 2.63 bits per heavy atom. The quantitative estimate of drug-likeness (QED) is 0.712. The van der Waals surface area contributed by atoms with E-state index in [1.165, 1.54) is 38.1 Å². The molecule has 1 aromatic heterocycles. The van der Waals surface area contributed by atoms with E-state index in [0.717, 1.165) is 25.0 Å². The standard InChI is InChI=1S/C15H26BrN3/c1-3-5-15(12-16,6-4-2)13-18-9-10-19-8-7-17-14(19)11-18/h7-8H,3-6,9-13H2,1-2H3. The summed E-state index contributed by atoms with van der Waals surface area (Å²) in [7, 11) is 0. The topological polar surface area (TPSA) is 21.1 Å². The molecule has 4 heteroatoms. The van der Waals surface area contributed by atoms with Crippen LogP contribution in [0.1, 0.15) is 45.4 Å². The zero-order chi connectivity index (χ0) is 13.7. The number of fused-ring (bicyclic) bond motifs is 1. The van der Waals surface area contributed by atoms with Crippen molar-refractivity contribution in [2.75, 3.05) is 18.4 Å². The lowest BCUT2D eigenvalue weighted by Crippen LogP contribution is -2.42. The first-order valence-corrected chi connectivity index (χ1v) is 8.63. The van der Waals surface area contributed by atoms with Crippen LogP contribution in [-0.2, 0) is 13.1 Å². The summed E-state index contributed by atoms with van der Waals surface area (Å²) in [6.07, 6.45) is 9.20. The van der Waals surface area contributed by atoms with Gasteiger partial charge in [0.05, 0.1) is 6.54 Å². The molecule has 0 amide bonds. The van der Waals surface area contributed by atoms with E-state index >= 15 is 0 Å². The molecule has 0 bridgehead atoms. The zero-order valence-corrected chi connectivity index (χ0v) is 13.8. The van der Waals surface area contributed by atoms with E-state index in [1.54, 1.807) is 0 Å². The van der Waals surface area contributed by atoms with Crippen molar-refractivity contribution in [3.05, 3.63) is 18.2 Å². The van der Waals surface area contributed by atoms with Crippen molar-refractivity contribution < 1.29 is 0 Å². The number of hydrogen-bond acceptors (Lipinski definition) is 2. The minimum atomic E-state index is 0.443. The van der Waals surface area contributed by atoms with E-state index in [0.29, 0.717) is 5.41 Å². The molecule has 0 saturated carbocycles. The molecule has 0 radical (unpaired) electrons. The van der Waals surface area contributed by atoms with E-state index in [4.69, 9.17) is 0 Å². The Labute approximate surface area is 125 Å². The molecule has 2 rings (SSSR count). The van der Waals surface area contributed by atoms with Gasteiger partial charge in [-0.15, -0.1) is 0 Å². The number of rotatable bonds is 7. The Balaban J connectivity index is 2.02. The van der Waals surface area contributed by atoms with Crippen LogP contribution in [0.2, 0.25) is 0 Å². The first-order valence-electron chi connectivity index (χ1n) is 7.51. The number of nitrogens with zero attached hydrogens (tertiary/aromatic N) is 3. The van der Waals surface area contributed by atoms with Gasteiger partial charge in [-0.05, 0) is 18.3 Å². The first-order chi connectivity index (χ1) is 9.23. The predicted molar refractivity (Wildman–Crippen MR) is 83.5 cm³/mol. The van der Waals surface area contributed by atoms with Crippen LogP contribution in [-0.4, -0.2) is 32.9 Å². The lowest BCUT2D eigenvalue weighted by molar-refractivity contribution is 0.121. The average Bonchev–Trinajstić information content (AvgIpc) is 2.86. The SMILES string of the molecule is CCCC(CBr)(CCC)CN1CCn2ccnc2C1. The smallest absolute Gasteiger partial charge is 0.122 e. The summed E-state index contributed by atoms with van der Waals surface area (Å²) >= 11 is 3.78. The second kappa shape index (κ2) is 6.89. The average molecular weight is 328 g/mol. The van der Waals surface area contributed by atoms with Crippen LogP contribution in [0.25, 0.3) is 0 Å². The van der Waals surface area contributed by atoms with E-state index < -0.39 is 0 Å². The molecule has 1 aliphatic heterocycles. The van der Waals surface area contributed by atoms with E-state index in [9.17, 15) is 0 Å². The Morgan fingerprint density at radius 2 is 2.00 bits per heavy atom. The molecule has 0 aliphatic carbocycles. The van der Waals surface area contributed by atoms with Crippen LogP contribution in [0.15, 0.2) is 12.4 Å². The molecule has 0 spiro atoms. The van der Waals surface area contributed by atoms with Crippen molar-refractivity contribution in [1.82, 2.24) is 14.5 Å². The fourth-order valence-electron chi connectivity index (χ4n) is 3.35. The second-order valence-corrected chi connectivity index (χ2v) is 6.44. The van der Waals surface area contributed by atoms with Gasteiger partial charge < -0.3 is 4.57 Å². The summed E-state index contributed by atoms with van der Waals surface area (Å²) in [6.45, 7) is 9.06. The van der Waals surface area contributed by atoms with Crippen molar-refractivity contribution in [2.24, 2.45) is 5.41 Å². The highest BCUT2D eigenvalue weighted by molar-refractivity contribution is 9.09. The highest BCUT2D eigenvalue weighted by Gasteiger charge is 2.31. The van der Waals surface area contributed by atoms with Gasteiger partial charge in [0.1, 0.15) is 5.82 Å². The van der Waals surface area contributed by atoms with Gasteiger partial charge in [-0.1, -0.05) is 42.6 Å². The highest BCUT2D eigenvalue weighted by Crippen LogP contribution is 2.34. The van der Waals surface area contributed by atoms with Crippen molar-refractivity contribution in [3.8, 4) is 0 Å². The molecule has 108 valence electrons. The lowest BCUT2D eigenvalue weighted by atomic mass is 9.80. The van der Waals surface area contributed by atoms with Crippen LogP contribution in [0.5, 0.6) is 0 Å². The molecule has 3 nitrogen and oxygen atoms in total. The van der Waals surface area contributed by atoms with Crippen LogP contribution >= 0.6 is 15.9 Å². The normalized spacial score (nSPS) is 16.6. The lowest BCUT2D eigenvalue weighted by Gasteiger charge is -2.39. The monoisotopic (exact) mass is 327 g/mol. The second-order valence-electron chi connectivity index (χ2n) is 5.88. The van der Waals surface area contributed by atoms with Crippen molar-refractivity contribution in [1.29, 1.82) is 0 Å². The Kier molecular flexibility index (Phi) is 5.46. The third-order valence-electron chi connectivity index (χ3n) is 4.23. The maximum Gasteiger partial charge on any atom is 0.122 e. The van der Waals surface area contributed by atoms with Gasteiger partial charge >= 0.3 is 0 Å². The number of halogens is 1. The van der Waals surface area contributed by atoms with E-state index in [1.807, 2.05) is 6.20 Å². The molecular formula is C15H26BrN3. The zero-order valence-electron chi connectivity index (χ0n) is 12.2. The molecular weight excluding hydrogens is 302 g/mol. The maximum atomic E-state index is 4.46. The van der Waals surface area contributed by atoms with Gasteiger partial charge in [0, 0.05) is 37.4 Å². The fraction of sp³-hybridized carbons (Fsp3) is 0.800. The van der Waals surface area contributed by atoms with E-state index in [-0.39, 0.29) is 0 Å². The Morgan fingerprint density at radius 1 is 1.26 bits per heavy atom. The molecule has 1 aliphatic rings. The number of hydrogen-bond donors (Lipinski definition) is 0. The molecule has 0 N–H and O–H groups in total. The van der Waals surface area contributed by atoms with Gasteiger partial charge in [0.2, 0.25) is 0 Å².